The van der Waals surface area contributed by atoms with Crippen LogP contribution in [0.2, 0.25) is 0 Å². The number of nitriles is 2. The monoisotopic (exact) mass is 466 g/mol. The van der Waals surface area contributed by atoms with E-state index in [1.54, 1.807) is 32.0 Å². The fraction of sp³-hybridized carbons (Fsp3) is 0.360. The molecule has 0 amide bonds. The number of rotatable bonds is 10. The van der Waals surface area contributed by atoms with Crippen LogP contribution in [0.5, 0.6) is 11.5 Å². The van der Waals surface area contributed by atoms with Gasteiger partial charge in [0.2, 0.25) is 0 Å². The predicted octanol–water partition coefficient (Wildman–Crippen LogP) is 5.01. The summed E-state index contributed by atoms with van der Waals surface area (Å²) in [5.74, 6) is 0.113. The number of carbonyl (C=O) groups is 2. The SMILES string of the molecule is CCOC(=O)c1sc(CC(=O)/C(C#N)=C/c2ccc(OC(C)C)c(OCC)c2)c(C#N)c1C. The Kier molecular flexibility index (Phi) is 9.20. The minimum Gasteiger partial charge on any atom is -0.490 e. The van der Waals surface area contributed by atoms with Crippen LogP contribution < -0.4 is 9.47 Å². The molecule has 0 fully saturated rings. The van der Waals surface area contributed by atoms with Gasteiger partial charge < -0.3 is 14.2 Å². The molecule has 0 N–H and O–H groups in total. The van der Waals surface area contributed by atoms with Crippen molar-refractivity contribution in [3.05, 3.63) is 50.2 Å². The summed E-state index contributed by atoms with van der Waals surface area (Å²) >= 11 is 1.05. The summed E-state index contributed by atoms with van der Waals surface area (Å²) in [5.41, 5.74) is 1.29. The molecule has 33 heavy (non-hydrogen) atoms. The standard InChI is InChI=1S/C25H26N2O5S/c1-6-30-22-11-17(8-9-21(22)32-15(3)4)10-18(13-26)20(28)12-23-19(14-27)16(5)24(33-23)25(29)31-7-2/h8-11,15H,6-7,12H2,1-5H3/b18-10+. The number of carbonyl (C=O) groups excluding carboxylic acids is 2. The fourth-order valence-electron chi connectivity index (χ4n) is 3.05. The maximum Gasteiger partial charge on any atom is 0.348 e. The summed E-state index contributed by atoms with van der Waals surface area (Å²) in [6.45, 7) is 9.65. The van der Waals surface area contributed by atoms with Crippen LogP contribution in [0.1, 0.15) is 58.9 Å². The van der Waals surface area contributed by atoms with Crippen molar-refractivity contribution in [1.29, 1.82) is 10.5 Å². The molecule has 0 atom stereocenters. The predicted molar refractivity (Wildman–Crippen MR) is 125 cm³/mol. The Balaban J connectivity index is 2.35. The number of hydrogen-bond acceptors (Lipinski definition) is 8. The third-order valence-corrected chi connectivity index (χ3v) is 5.75. The van der Waals surface area contributed by atoms with Crippen molar-refractivity contribution in [3.63, 3.8) is 0 Å². The van der Waals surface area contributed by atoms with Gasteiger partial charge in [-0.3, -0.25) is 4.79 Å². The number of benzene rings is 1. The zero-order valence-corrected chi connectivity index (χ0v) is 20.2. The first-order valence-electron chi connectivity index (χ1n) is 10.5. The van der Waals surface area contributed by atoms with Crippen LogP contribution in [0.25, 0.3) is 6.08 Å². The first-order chi connectivity index (χ1) is 15.7. The quantitative estimate of drug-likeness (QED) is 0.275. The smallest absolute Gasteiger partial charge is 0.348 e. The lowest BCUT2D eigenvalue weighted by Gasteiger charge is -2.15. The van der Waals surface area contributed by atoms with Gasteiger partial charge in [0.05, 0.1) is 30.5 Å². The van der Waals surface area contributed by atoms with E-state index in [0.29, 0.717) is 39.0 Å². The lowest BCUT2D eigenvalue weighted by atomic mass is 10.0. The molecule has 2 aromatic rings. The van der Waals surface area contributed by atoms with Gasteiger partial charge in [0.1, 0.15) is 17.0 Å². The number of nitrogens with zero attached hydrogens (tertiary/aromatic N) is 2. The van der Waals surface area contributed by atoms with E-state index in [4.69, 9.17) is 14.2 Å². The van der Waals surface area contributed by atoms with Crippen molar-refractivity contribution in [2.75, 3.05) is 13.2 Å². The molecule has 1 aromatic carbocycles. The molecule has 7 nitrogen and oxygen atoms in total. The Bertz CT molecular complexity index is 1150. The highest BCUT2D eigenvalue weighted by Gasteiger charge is 2.23. The highest BCUT2D eigenvalue weighted by molar-refractivity contribution is 7.14. The average Bonchev–Trinajstić information content (AvgIpc) is 3.08. The maximum atomic E-state index is 12.9. The summed E-state index contributed by atoms with van der Waals surface area (Å²) in [7, 11) is 0. The number of hydrogen-bond donors (Lipinski definition) is 0. The first kappa shape index (κ1) is 25.6. The third-order valence-electron chi connectivity index (χ3n) is 4.48. The number of allylic oxidation sites excluding steroid dienone is 1. The van der Waals surface area contributed by atoms with Crippen LogP contribution in [-0.2, 0) is 16.0 Å². The largest absolute Gasteiger partial charge is 0.490 e. The first-order valence-corrected chi connectivity index (χ1v) is 11.3. The second-order valence-corrected chi connectivity index (χ2v) is 8.37. The molecular weight excluding hydrogens is 440 g/mol. The summed E-state index contributed by atoms with van der Waals surface area (Å²) in [4.78, 5) is 25.8. The molecule has 0 aliphatic carbocycles. The lowest BCUT2D eigenvalue weighted by molar-refractivity contribution is -0.114. The topological polar surface area (TPSA) is 109 Å². The van der Waals surface area contributed by atoms with Crippen molar-refractivity contribution in [2.45, 2.75) is 47.1 Å². The van der Waals surface area contributed by atoms with Gasteiger partial charge in [-0.15, -0.1) is 11.3 Å². The van der Waals surface area contributed by atoms with E-state index in [9.17, 15) is 20.1 Å². The molecule has 1 aromatic heterocycles. The highest BCUT2D eigenvalue weighted by atomic mass is 32.1. The van der Waals surface area contributed by atoms with Gasteiger partial charge in [-0.25, -0.2) is 4.79 Å². The number of ketones is 1. The molecular formula is C25H26N2O5S. The van der Waals surface area contributed by atoms with E-state index in [-0.39, 0.29) is 30.3 Å². The molecule has 0 bridgehead atoms. The van der Waals surface area contributed by atoms with Crippen LogP contribution in [-0.4, -0.2) is 31.1 Å². The Morgan fingerprint density at radius 2 is 1.88 bits per heavy atom. The number of esters is 1. The maximum absolute atomic E-state index is 12.9. The van der Waals surface area contributed by atoms with Gasteiger partial charge in [0, 0.05) is 11.3 Å². The molecule has 2 rings (SSSR count). The Labute approximate surface area is 197 Å². The molecule has 0 aliphatic rings. The van der Waals surface area contributed by atoms with Gasteiger partial charge in [0.25, 0.3) is 0 Å². The molecule has 172 valence electrons. The minimum absolute atomic E-state index is 0.0371. The Morgan fingerprint density at radius 1 is 1.15 bits per heavy atom. The molecule has 1 heterocycles. The highest BCUT2D eigenvalue weighted by Crippen LogP contribution is 2.32. The van der Waals surface area contributed by atoms with Crippen LogP contribution >= 0.6 is 11.3 Å². The van der Waals surface area contributed by atoms with E-state index in [0.717, 1.165) is 11.3 Å². The Hall–Kier alpha value is -3.62. The van der Waals surface area contributed by atoms with Crippen molar-refractivity contribution < 1.29 is 23.8 Å². The van der Waals surface area contributed by atoms with Gasteiger partial charge in [0.15, 0.2) is 17.3 Å². The summed E-state index contributed by atoms with van der Waals surface area (Å²) in [6.07, 6.45) is 1.27. The van der Waals surface area contributed by atoms with Gasteiger partial charge in [-0.1, -0.05) is 6.07 Å². The van der Waals surface area contributed by atoms with E-state index in [2.05, 4.69) is 6.07 Å². The second kappa shape index (κ2) is 11.8. The number of Topliss-reactive ketones (excluding diaryl/α,β-unsaturated/α-hetero) is 1. The zero-order valence-electron chi connectivity index (χ0n) is 19.4. The number of ether oxygens (including phenoxy) is 3. The summed E-state index contributed by atoms with van der Waals surface area (Å²) < 4.78 is 16.4. The molecule has 0 aliphatic heterocycles. The van der Waals surface area contributed by atoms with Crippen LogP contribution in [0.4, 0.5) is 0 Å². The van der Waals surface area contributed by atoms with Crippen molar-refractivity contribution in [2.24, 2.45) is 0 Å². The van der Waals surface area contributed by atoms with Gasteiger partial charge in [-0.2, -0.15) is 10.5 Å². The van der Waals surface area contributed by atoms with Crippen molar-refractivity contribution in [1.82, 2.24) is 0 Å². The lowest BCUT2D eigenvalue weighted by Crippen LogP contribution is -2.07. The van der Waals surface area contributed by atoms with Crippen LogP contribution in [0, 0.1) is 29.6 Å². The molecule has 0 saturated carbocycles. The van der Waals surface area contributed by atoms with E-state index in [1.807, 2.05) is 26.8 Å². The average molecular weight is 467 g/mol. The third kappa shape index (κ3) is 6.44. The van der Waals surface area contributed by atoms with Crippen LogP contribution in [0.15, 0.2) is 23.8 Å². The van der Waals surface area contributed by atoms with E-state index >= 15 is 0 Å². The second-order valence-electron chi connectivity index (χ2n) is 7.26. The number of thiophene rings is 1. The van der Waals surface area contributed by atoms with Crippen molar-refractivity contribution in [3.8, 4) is 23.6 Å². The van der Waals surface area contributed by atoms with Gasteiger partial charge >= 0.3 is 5.97 Å². The molecule has 0 saturated heterocycles. The van der Waals surface area contributed by atoms with Crippen LogP contribution in [0.3, 0.4) is 0 Å². The molecule has 0 radical (unpaired) electrons. The van der Waals surface area contributed by atoms with Crippen molar-refractivity contribution >= 4 is 29.2 Å². The fourth-order valence-corrected chi connectivity index (χ4v) is 4.20. The van der Waals surface area contributed by atoms with Gasteiger partial charge in [-0.05, 0) is 64.0 Å². The summed E-state index contributed by atoms with van der Waals surface area (Å²) in [5, 5.41) is 19.1. The molecule has 8 heteroatoms. The van der Waals surface area contributed by atoms with E-state index < -0.39 is 11.8 Å². The molecule has 0 spiro atoms. The zero-order chi connectivity index (χ0) is 24.5. The summed E-state index contributed by atoms with van der Waals surface area (Å²) in [6, 6.07) is 9.17. The Morgan fingerprint density at radius 3 is 2.45 bits per heavy atom. The normalized spacial score (nSPS) is 11.0. The minimum atomic E-state index is -0.529. The van der Waals surface area contributed by atoms with E-state index in [1.165, 1.54) is 6.08 Å². The molecule has 0 unspecified atom stereocenters.